The van der Waals surface area contributed by atoms with E-state index in [0.29, 0.717) is 0 Å². The molecule has 0 saturated heterocycles. The second kappa shape index (κ2) is 4.83. The lowest BCUT2D eigenvalue weighted by Crippen LogP contribution is -2.41. The third-order valence-corrected chi connectivity index (χ3v) is 2.71. The molecule has 0 spiro atoms. The number of likely N-dealkylation sites (N-methyl/N-ethyl adjacent to an activating group) is 1. The zero-order valence-corrected chi connectivity index (χ0v) is 9.87. The monoisotopic (exact) mass is 244 g/mol. The first-order valence-electron chi connectivity index (χ1n) is 5.45. The fourth-order valence-electron chi connectivity index (χ4n) is 1.62. The molecule has 18 heavy (non-hydrogen) atoms. The van der Waals surface area contributed by atoms with Crippen LogP contribution in [0.1, 0.15) is 0 Å². The Bertz CT molecular complexity index is 504. The highest BCUT2D eigenvalue weighted by Crippen LogP contribution is 2.12. The first-order valence-corrected chi connectivity index (χ1v) is 5.45. The highest BCUT2D eigenvalue weighted by atomic mass is 16.2. The van der Waals surface area contributed by atoms with Crippen LogP contribution in [0, 0.1) is 0 Å². The Morgan fingerprint density at radius 1 is 1.11 bits per heavy atom. The summed E-state index contributed by atoms with van der Waals surface area (Å²) in [5.74, 6) is -1.21. The molecule has 0 atom stereocenters. The van der Waals surface area contributed by atoms with Crippen LogP contribution in [0.5, 0.6) is 0 Å². The second-order valence-electron chi connectivity index (χ2n) is 3.88. The van der Waals surface area contributed by atoms with Crippen LogP contribution in [0.4, 0.5) is 5.69 Å². The highest BCUT2D eigenvalue weighted by molar-refractivity contribution is 6.15. The van der Waals surface area contributed by atoms with Gasteiger partial charge in [-0.15, -0.1) is 0 Å². The highest BCUT2D eigenvalue weighted by Gasteiger charge is 2.26. The molecule has 3 amide bonds. The van der Waals surface area contributed by atoms with Gasteiger partial charge < -0.3 is 4.90 Å². The first-order chi connectivity index (χ1) is 8.59. The van der Waals surface area contributed by atoms with E-state index < -0.39 is 11.8 Å². The Morgan fingerprint density at radius 2 is 1.67 bits per heavy atom. The molecular weight excluding hydrogens is 232 g/mol. The average molecular weight is 244 g/mol. The van der Waals surface area contributed by atoms with Gasteiger partial charge in [0.25, 0.3) is 11.8 Å². The predicted octanol–water partition coefficient (Wildman–Crippen LogP) is 0.574. The first kappa shape index (κ1) is 12.0. The lowest BCUT2D eigenvalue weighted by atomic mass is 10.3. The number of para-hydroxylation sites is 1. The van der Waals surface area contributed by atoms with Crippen LogP contribution in [-0.2, 0) is 14.4 Å². The Balaban J connectivity index is 2.05. The molecule has 1 aromatic carbocycles. The van der Waals surface area contributed by atoms with Gasteiger partial charge in [-0.1, -0.05) is 18.2 Å². The summed E-state index contributed by atoms with van der Waals surface area (Å²) in [6.07, 6.45) is 2.33. The molecule has 0 radical (unpaired) electrons. The fraction of sp³-hybridized carbons (Fsp3) is 0.154. The van der Waals surface area contributed by atoms with Crippen LogP contribution in [0.2, 0.25) is 0 Å². The summed E-state index contributed by atoms with van der Waals surface area (Å²) >= 11 is 0. The van der Waals surface area contributed by atoms with Crippen molar-refractivity contribution in [2.24, 2.45) is 0 Å². The SMILES string of the molecule is CN(C(=O)CN1C(=O)C=CC1=O)c1ccccc1. The molecule has 0 saturated carbocycles. The summed E-state index contributed by atoms with van der Waals surface area (Å²) in [6, 6.07) is 9.03. The molecule has 0 aliphatic carbocycles. The van der Waals surface area contributed by atoms with Crippen LogP contribution in [-0.4, -0.2) is 36.2 Å². The van der Waals surface area contributed by atoms with Crippen molar-refractivity contribution in [2.45, 2.75) is 0 Å². The largest absolute Gasteiger partial charge is 0.314 e. The molecule has 0 fully saturated rings. The third kappa shape index (κ3) is 2.29. The second-order valence-corrected chi connectivity index (χ2v) is 3.88. The molecule has 0 N–H and O–H groups in total. The Morgan fingerprint density at radius 3 is 2.22 bits per heavy atom. The van der Waals surface area contributed by atoms with Gasteiger partial charge in [-0.2, -0.15) is 0 Å². The maximum atomic E-state index is 11.9. The number of rotatable bonds is 3. The zero-order chi connectivity index (χ0) is 13.1. The summed E-state index contributed by atoms with van der Waals surface area (Å²) in [4.78, 5) is 36.9. The Hall–Kier alpha value is -2.43. The molecule has 0 unspecified atom stereocenters. The summed E-state index contributed by atoms with van der Waals surface area (Å²) < 4.78 is 0. The van der Waals surface area contributed by atoms with Gasteiger partial charge in [-0.25, -0.2) is 0 Å². The van der Waals surface area contributed by atoms with E-state index in [1.807, 2.05) is 18.2 Å². The summed E-state index contributed by atoms with van der Waals surface area (Å²) in [5.41, 5.74) is 0.717. The van der Waals surface area contributed by atoms with Crippen molar-refractivity contribution in [3.63, 3.8) is 0 Å². The minimum Gasteiger partial charge on any atom is -0.314 e. The molecule has 1 aromatic rings. The third-order valence-electron chi connectivity index (χ3n) is 2.71. The van der Waals surface area contributed by atoms with E-state index in [1.54, 1.807) is 19.2 Å². The molecule has 0 bridgehead atoms. The zero-order valence-electron chi connectivity index (χ0n) is 9.87. The lowest BCUT2D eigenvalue weighted by molar-refractivity contribution is -0.140. The minimum absolute atomic E-state index is 0.240. The number of carbonyl (C=O) groups is 3. The molecular formula is C13H12N2O3. The molecule has 1 aliphatic heterocycles. The average Bonchev–Trinajstić information content (AvgIpc) is 2.70. The van der Waals surface area contributed by atoms with Crippen molar-refractivity contribution in [3.8, 4) is 0 Å². The molecule has 2 rings (SSSR count). The van der Waals surface area contributed by atoms with Crippen molar-refractivity contribution >= 4 is 23.4 Å². The molecule has 1 aliphatic rings. The number of imide groups is 1. The van der Waals surface area contributed by atoms with Crippen molar-refractivity contribution in [1.29, 1.82) is 0 Å². The maximum absolute atomic E-state index is 11.9. The van der Waals surface area contributed by atoms with E-state index in [1.165, 1.54) is 4.90 Å². The van der Waals surface area contributed by atoms with E-state index in [0.717, 1.165) is 22.7 Å². The van der Waals surface area contributed by atoms with Gasteiger partial charge in [0.2, 0.25) is 5.91 Å². The number of hydrogen-bond acceptors (Lipinski definition) is 3. The van der Waals surface area contributed by atoms with Crippen LogP contribution >= 0.6 is 0 Å². The van der Waals surface area contributed by atoms with Gasteiger partial charge in [0.05, 0.1) is 0 Å². The number of carbonyl (C=O) groups excluding carboxylic acids is 3. The molecule has 1 heterocycles. The normalized spacial score (nSPS) is 14.2. The predicted molar refractivity (Wildman–Crippen MR) is 65.7 cm³/mol. The van der Waals surface area contributed by atoms with E-state index in [4.69, 9.17) is 0 Å². The van der Waals surface area contributed by atoms with Crippen LogP contribution in [0.3, 0.4) is 0 Å². The smallest absolute Gasteiger partial charge is 0.254 e. The van der Waals surface area contributed by atoms with Gasteiger partial charge in [0, 0.05) is 24.9 Å². The van der Waals surface area contributed by atoms with E-state index in [-0.39, 0.29) is 12.5 Å². The quantitative estimate of drug-likeness (QED) is 0.730. The lowest BCUT2D eigenvalue weighted by Gasteiger charge is -2.20. The molecule has 5 nitrogen and oxygen atoms in total. The van der Waals surface area contributed by atoms with E-state index in [9.17, 15) is 14.4 Å². The number of nitrogens with zero attached hydrogens (tertiary/aromatic N) is 2. The van der Waals surface area contributed by atoms with Crippen LogP contribution in [0.25, 0.3) is 0 Å². The van der Waals surface area contributed by atoms with Gasteiger partial charge in [0.15, 0.2) is 0 Å². The summed E-state index contributed by atoms with van der Waals surface area (Å²) in [7, 11) is 1.61. The number of anilines is 1. The van der Waals surface area contributed by atoms with Crippen molar-refractivity contribution in [3.05, 3.63) is 42.5 Å². The Kier molecular flexibility index (Phi) is 3.23. The number of hydrogen-bond donors (Lipinski definition) is 0. The molecule has 5 heteroatoms. The fourth-order valence-corrected chi connectivity index (χ4v) is 1.62. The molecule has 0 aromatic heterocycles. The standard InChI is InChI=1S/C13H12N2O3/c1-14(10-5-3-2-4-6-10)13(18)9-15-11(16)7-8-12(15)17/h2-8H,9H2,1H3. The van der Waals surface area contributed by atoms with E-state index >= 15 is 0 Å². The van der Waals surface area contributed by atoms with Gasteiger partial charge in [-0.3, -0.25) is 19.3 Å². The van der Waals surface area contributed by atoms with Gasteiger partial charge in [0.1, 0.15) is 6.54 Å². The topological polar surface area (TPSA) is 57.7 Å². The van der Waals surface area contributed by atoms with Crippen molar-refractivity contribution in [2.75, 3.05) is 18.5 Å². The summed E-state index contributed by atoms with van der Waals surface area (Å²) in [5, 5.41) is 0. The van der Waals surface area contributed by atoms with E-state index in [2.05, 4.69) is 0 Å². The maximum Gasteiger partial charge on any atom is 0.254 e. The number of benzene rings is 1. The van der Waals surface area contributed by atoms with Crippen molar-refractivity contribution < 1.29 is 14.4 Å². The number of amides is 3. The summed E-state index contributed by atoms with van der Waals surface area (Å²) in [6.45, 7) is -0.240. The van der Waals surface area contributed by atoms with Crippen molar-refractivity contribution in [1.82, 2.24) is 4.90 Å². The van der Waals surface area contributed by atoms with Crippen LogP contribution in [0.15, 0.2) is 42.5 Å². The van der Waals surface area contributed by atoms with Gasteiger partial charge in [-0.05, 0) is 12.1 Å². The van der Waals surface area contributed by atoms with Crippen LogP contribution < -0.4 is 4.90 Å². The van der Waals surface area contributed by atoms with Gasteiger partial charge >= 0.3 is 0 Å². The minimum atomic E-state index is -0.449. The molecule has 92 valence electrons. The Labute approximate surface area is 104 Å².